The largest absolute Gasteiger partial charge is 0.396 e. The van der Waals surface area contributed by atoms with Crippen LogP contribution in [-0.2, 0) is 6.42 Å². The summed E-state index contributed by atoms with van der Waals surface area (Å²) in [6.07, 6.45) is 7.49. The molecule has 0 spiro atoms. The van der Waals surface area contributed by atoms with Crippen LogP contribution in [0, 0.1) is 5.92 Å². The van der Waals surface area contributed by atoms with Crippen LogP contribution in [0.5, 0.6) is 0 Å². The van der Waals surface area contributed by atoms with Crippen LogP contribution in [-0.4, -0.2) is 21.9 Å². The van der Waals surface area contributed by atoms with Gasteiger partial charge in [-0.2, -0.15) is 4.98 Å². The van der Waals surface area contributed by atoms with Gasteiger partial charge in [0.25, 0.3) is 0 Å². The van der Waals surface area contributed by atoms with E-state index in [1.54, 1.807) is 0 Å². The molecule has 1 heterocycles. The molecule has 2 atom stereocenters. The number of hydrogen-bond acceptors (Lipinski definition) is 4. The molecule has 2 rings (SSSR count). The highest BCUT2D eigenvalue weighted by molar-refractivity contribution is 4.99. The molecule has 2 unspecified atom stereocenters. The molecule has 1 saturated carbocycles. The molecule has 1 aliphatic carbocycles. The zero-order valence-corrected chi connectivity index (χ0v) is 10.6. The van der Waals surface area contributed by atoms with Gasteiger partial charge in [-0.15, -0.1) is 0 Å². The maximum atomic E-state index is 8.71. The lowest BCUT2D eigenvalue weighted by molar-refractivity contribution is 0.280. The fourth-order valence-electron chi connectivity index (χ4n) is 2.60. The van der Waals surface area contributed by atoms with E-state index in [0.29, 0.717) is 5.92 Å². The van der Waals surface area contributed by atoms with Crippen molar-refractivity contribution < 1.29 is 9.63 Å². The van der Waals surface area contributed by atoms with Gasteiger partial charge in [-0.1, -0.05) is 18.5 Å². The van der Waals surface area contributed by atoms with Crippen molar-refractivity contribution in [3.05, 3.63) is 11.7 Å². The van der Waals surface area contributed by atoms with E-state index < -0.39 is 0 Å². The third-order valence-corrected chi connectivity index (χ3v) is 3.77. The van der Waals surface area contributed by atoms with Crippen molar-refractivity contribution in [3.8, 4) is 0 Å². The SMILES string of the molecule is CCC1CCC(c2noc(CCCCO)n2)C1. The highest BCUT2D eigenvalue weighted by Gasteiger charge is 2.28. The van der Waals surface area contributed by atoms with Gasteiger partial charge in [-0.25, -0.2) is 0 Å². The molecule has 96 valence electrons. The number of aliphatic hydroxyl groups is 1. The van der Waals surface area contributed by atoms with Gasteiger partial charge in [0.2, 0.25) is 5.89 Å². The van der Waals surface area contributed by atoms with Crippen molar-refractivity contribution in [2.45, 2.75) is 57.8 Å². The molecule has 1 aromatic heterocycles. The van der Waals surface area contributed by atoms with Crippen molar-refractivity contribution in [2.24, 2.45) is 5.92 Å². The molecule has 0 radical (unpaired) electrons. The second kappa shape index (κ2) is 6.15. The summed E-state index contributed by atoms with van der Waals surface area (Å²) in [5, 5.41) is 12.8. The van der Waals surface area contributed by atoms with Crippen LogP contribution in [0.15, 0.2) is 4.52 Å². The summed E-state index contributed by atoms with van der Waals surface area (Å²) in [6, 6.07) is 0. The summed E-state index contributed by atoms with van der Waals surface area (Å²) in [4.78, 5) is 4.47. The number of unbranched alkanes of at least 4 members (excludes halogenated alkanes) is 1. The van der Waals surface area contributed by atoms with Gasteiger partial charge < -0.3 is 9.63 Å². The molecule has 1 aliphatic rings. The topological polar surface area (TPSA) is 59.2 Å². The van der Waals surface area contributed by atoms with E-state index in [2.05, 4.69) is 17.1 Å². The summed E-state index contributed by atoms with van der Waals surface area (Å²) < 4.78 is 5.25. The Kier molecular flexibility index (Phi) is 4.54. The monoisotopic (exact) mass is 238 g/mol. The predicted octanol–water partition coefficient (Wildman–Crippen LogP) is 2.68. The first kappa shape index (κ1) is 12.6. The first-order valence-electron chi connectivity index (χ1n) is 6.76. The number of aliphatic hydroxyl groups excluding tert-OH is 1. The fraction of sp³-hybridized carbons (Fsp3) is 0.846. The Hall–Kier alpha value is -0.900. The molecule has 1 N–H and O–H groups in total. The minimum atomic E-state index is 0.238. The average molecular weight is 238 g/mol. The van der Waals surface area contributed by atoms with Gasteiger partial charge in [0.05, 0.1) is 0 Å². The van der Waals surface area contributed by atoms with Crippen molar-refractivity contribution in [2.75, 3.05) is 6.61 Å². The molecule has 4 nitrogen and oxygen atoms in total. The van der Waals surface area contributed by atoms with Crippen LogP contribution >= 0.6 is 0 Å². The molecule has 0 aliphatic heterocycles. The van der Waals surface area contributed by atoms with Crippen LogP contribution in [0.1, 0.15) is 63.1 Å². The molecule has 0 bridgehead atoms. The molecule has 0 saturated heterocycles. The normalized spacial score (nSPS) is 24.4. The van der Waals surface area contributed by atoms with E-state index in [-0.39, 0.29) is 6.61 Å². The highest BCUT2D eigenvalue weighted by atomic mass is 16.5. The molecule has 17 heavy (non-hydrogen) atoms. The van der Waals surface area contributed by atoms with Crippen molar-refractivity contribution in [1.82, 2.24) is 10.1 Å². The number of aromatic nitrogens is 2. The van der Waals surface area contributed by atoms with Gasteiger partial charge >= 0.3 is 0 Å². The summed E-state index contributed by atoms with van der Waals surface area (Å²) in [5.74, 6) is 2.99. The molecule has 1 fully saturated rings. The molecule has 4 heteroatoms. The van der Waals surface area contributed by atoms with Crippen molar-refractivity contribution >= 4 is 0 Å². The lowest BCUT2D eigenvalue weighted by Gasteiger charge is -2.04. The molecule has 1 aromatic rings. The first-order chi connectivity index (χ1) is 8.33. The Bertz CT molecular complexity index is 338. The molecule has 0 aromatic carbocycles. The minimum Gasteiger partial charge on any atom is -0.396 e. The smallest absolute Gasteiger partial charge is 0.226 e. The second-order valence-corrected chi connectivity index (χ2v) is 5.01. The van der Waals surface area contributed by atoms with Gasteiger partial charge in [-0.3, -0.25) is 0 Å². The zero-order valence-electron chi connectivity index (χ0n) is 10.6. The molecular weight excluding hydrogens is 216 g/mol. The maximum Gasteiger partial charge on any atom is 0.226 e. The first-order valence-corrected chi connectivity index (χ1v) is 6.76. The van der Waals surface area contributed by atoms with Crippen LogP contribution in [0.2, 0.25) is 0 Å². The van der Waals surface area contributed by atoms with E-state index in [4.69, 9.17) is 9.63 Å². The number of nitrogens with zero attached hydrogens (tertiary/aromatic N) is 2. The molecular formula is C13H22N2O2. The molecule has 0 amide bonds. The van der Waals surface area contributed by atoms with Gasteiger partial charge in [0.15, 0.2) is 5.82 Å². The zero-order chi connectivity index (χ0) is 12.1. The van der Waals surface area contributed by atoms with Crippen LogP contribution in [0.3, 0.4) is 0 Å². The quantitative estimate of drug-likeness (QED) is 0.774. The van der Waals surface area contributed by atoms with Crippen LogP contribution in [0.4, 0.5) is 0 Å². The number of aryl methyl sites for hydroxylation is 1. The van der Waals surface area contributed by atoms with E-state index in [1.165, 1.54) is 25.7 Å². The third-order valence-electron chi connectivity index (χ3n) is 3.77. The second-order valence-electron chi connectivity index (χ2n) is 5.01. The number of hydrogen-bond donors (Lipinski definition) is 1. The highest BCUT2D eigenvalue weighted by Crippen LogP contribution is 2.38. The Balaban J connectivity index is 1.85. The lowest BCUT2D eigenvalue weighted by Crippen LogP contribution is -1.97. The summed E-state index contributed by atoms with van der Waals surface area (Å²) in [5.41, 5.74) is 0. The summed E-state index contributed by atoms with van der Waals surface area (Å²) in [6.45, 7) is 2.49. The Morgan fingerprint density at radius 3 is 2.94 bits per heavy atom. The van der Waals surface area contributed by atoms with Crippen LogP contribution in [0.25, 0.3) is 0 Å². The summed E-state index contributed by atoms with van der Waals surface area (Å²) >= 11 is 0. The maximum absolute atomic E-state index is 8.71. The Morgan fingerprint density at radius 2 is 2.24 bits per heavy atom. The predicted molar refractivity (Wildman–Crippen MR) is 64.7 cm³/mol. The summed E-state index contributed by atoms with van der Waals surface area (Å²) in [7, 11) is 0. The van der Waals surface area contributed by atoms with Gasteiger partial charge in [0, 0.05) is 18.9 Å². The Morgan fingerprint density at radius 1 is 1.35 bits per heavy atom. The van der Waals surface area contributed by atoms with Crippen LogP contribution < -0.4 is 0 Å². The Labute approximate surface area is 102 Å². The minimum absolute atomic E-state index is 0.238. The standard InChI is InChI=1S/C13H22N2O2/c1-2-10-6-7-11(9-10)13-14-12(17-15-13)5-3-4-8-16/h10-11,16H,2-9H2,1H3. The van der Waals surface area contributed by atoms with Crippen molar-refractivity contribution in [3.63, 3.8) is 0 Å². The van der Waals surface area contributed by atoms with E-state index in [1.807, 2.05) is 0 Å². The third kappa shape index (κ3) is 3.28. The van der Waals surface area contributed by atoms with E-state index in [0.717, 1.165) is 36.9 Å². The van der Waals surface area contributed by atoms with Crippen molar-refractivity contribution in [1.29, 1.82) is 0 Å². The van der Waals surface area contributed by atoms with Gasteiger partial charge in [0.1, 0.15) is 0 Å². The fourth-order valence-corrected chi connectivity index (χ4v) is 2.60. The number of rotatable bonds is 6. The van der Waals surface area contributed by atoms with E-state index in [9.17, 15) is 0 Å². The lowest BCUT2D eigenvalue weighted by atomic mass is 10.0. The van der Waals surface area contributed by atoms with Gasteiger partial charge in [-0.05, 0) is 38.0 Å². The van der Waals surface area contributed by atoms with E-state index >= 15 is 0 Å². The average Bonchev–Trinajstić information content (AvgIpc) is 2.97.